The molecule has 0 bridgehead atoms. The summed E-state index contributed by atoms with van der Waals surface area (Å²) in [6.07, 6.45) is 0.997. The van der Waals surface area contributed by atoms with Gasteiger partial charge in [0.1, 0.15) is 5.78 Å². The Hall–Kier alpha value is -0.410. The summed E-state index contributed by atoms with van der Waals surface area (Å²) in [4.78, 5) is 11.4. The lowest BCUT2D eigenvalue weighted by atomic mass is 10.0. The maximum absolute atomic E-state index is 11.4. The van der Waals surface area contributed by atoms with Crippen LogP contribution in [0.1, 0.15) is 34.1 Å². The minimum atomic E-state index is -0.516. The van der Waals surface area contributed by atoms with Gasteiger partial charge in [-0.15, -0.1) is 0 Å². The van der Waals surface area contributed by atoms with E-state index < -0.39 is 5.79 Å². The Bertz CT molecular complexity index is 259. The van der Waals surface area contributed by atoms with E-state index in [4.69, 9.17) is 9.47 Å². The summed E-state index contributed by atoms with van der Waals surface area (Å²) in [7, 11) is 0. The zero-order valence-corrected chi connectivity index (χ0v) is 9.24. The van der Waals surface area contributed by atoms with Crippen molar-refractivity contribution in [3.63, 3.8) is 0 Å². The third-order valence-electron chi connectivity index (χ3n) is 3.27. The number of ketones is 1. The van der Waals surface area contributed by atoms with Gasteiger partial charge < -0.3 is 9.47 Å². The molecule has 0 amide bonds. The molecule has 80 valence electrons. The van der Waals surface area contributed by atoms with E-state index in [2.05, 4.69) is 6.92 Å². The Labute approximate surface area is 84.8 Å². The molecule has 1 saturated carbocycles. The molecular formula is C11H18O3. The molecule has 1 saturated heterocycles. The third kappa shape index (κ3) is 1.48. The molecule has 4 atom stereocenters. The Kier molecular flexibility index (Phi) is 2.20. The van der Waals surface area contributed by atoms with E-state index in [1.807, 2.05) is 13.8 Å². The lowest BCUT2D eigenvalue weighted by Crippen LogP contribution is -2.28. The number of hydrogen-bond donors (Lipinski definition) is 0. The molecular weight excluding hydrogens is 180 g/mol. The summed E-state index contributed by atoms with van der Waals surface area (Å²) < 4.78 is 11.6. The van der Waals surface area contributed by atoms with Gasteiger partial charge in [0.2, 0.25) is 0 Å². The van der Waals surface area contributed by atoms with E-state index >= 15 is 0 Å². The summed E-state index contributed by atoms with van der Waals surface area (Å²) in [5.41, 5.74) is 0. The minimum Gasteiger partial charge on any atom is -0.344 e. The van der Waals surface area contributed by atoms with E-state index in [-0.39, 0.29) is 23.9 Å². The highest BCUT2D eigenvalue weighted by Crippen LogP contribution is 2.44. The van der Waals surface area contributed by atoms with Crippen molar-refractivity contribution in [2.45, 2.75) is 52.1 Å². The quantitative estimate of drug-likeness (QED) is 0.644. The van der Waals surface area contributed by atoms with Gasteiger partial charge in [0.25, 0.3) is 0 Å². The first-order valence-electron chi connectivity index (χ1n) is 5.27. The zero-order chi connectivity index (χ0) is 10.5. The van der Waals surface area contributed by atoms with Crippen LogP contribution < -0.4 is 0 Å². The van der Waals surface area contributed by atoms with Crippen molar-refractivity contribution < 1.29 is 14.3 Å². The van der Waals surface area contributed by atoms with E-state index in [1.54, 1.807) is 6.92 Å². The molecule has 0 aromatic rings. The van der Waals surface area contributed by atoms with Crippen molar-refractivity contribution in [1.82, 2.24) is 0 Å². The van der Waals surface area contributed by atoms with Crippen LogP contribution in [-0.2, 0) is 14.3 Å². The molecule has 0 radical (unpaired) electrons. The number of carbonyl (C=O) groups excluding carboxylic acids is 1. The summed E-state index contributed by atoms with van der Waals surface area (Å²) in [5, 5.41) is 0. The number of hydrogen-bond acceptors (Lipinski definition) is 3. The van der Waals surface area contributed by atoms with Crippen molar-refractivity contribution in [3.05, 3.63) is 0 Å². The Morgan fingerprint density at radius 1 is 1.29 bits per heavy atom. The third-order valence-corrected chi connectivity index (χ3v) is 3.27. The molecule has 2 fully saturated rings. The van der Waals surface area contributed by atoms with Gasteiger partial charge in [0.15, 0.2) is 5.79 Å². The van der Waals surface area contributed by atoms with Gasteiger partial charge in [-0.05, 0) is 33.1 Å². The van der Waals surface area contributed by atoms with Gasteiger partial charge in [0, 0.05) is 5.92 Å². The summed E-state index contributed by atoms with van der Waals surface area (Å²) in [5.74, 6) is 0.177. The number of ether oxygens (including phenoxy) is 2. The average Bonchev–Trinajstić information content (AvgIpc) is 2.47. The number of rotatable bonds is 1. The number of Topliss-reactive ketones (excluding diaryl/α,β-unsaturated/α-hetero) is 1. The predicted octanol–water partition coefficient (Wildman–Crippen LogP) is 1.75. The summed E-state index contributed by atoms with van der Waals surface area (Å²) >= 11 is 0. The molecule has 3 nitrogen and oxygen atoms in total. The van der Waals surface area contributed by atoms with E-state index in [0.717, 1.165) is 6.42 Å². The van der Waals surface area contributed by atoms with Crippen molar-refractivity contribution in [2.75, 3.05) is 0 Å². The van der Waals surface area contributed by atoms with Crippen molar-refractivity contribution in [3.8, 4) is 0 Å². The highest BCUT2D eigenvalue weighted by atomic mass is 16.8. The highest BCUT2D eigenvalue weighted by Gasteiger charge is 2.53. The van der Waals surface area contributed by atoms with E-state index in [9.17, 15) is 4.79 Å². The van der Waals surface area contributed by atoms with Gasteiger partial charge in [-0.2, -0.15) is 0 Å². The van der Waals surface area contributed by atoms with Crippen LogP contribution in [-0.4, -0.2) is 23.8 Å². The van der Waals surface area contributed by atoms with Gasteiger partial charge >= 0.3 is 0 Å². The van der Waals surface area contributed by atoms with Crippen molar-refractivity contribution >= 4 is 5.78 Å². The van der Waals surface area contributed by atoms with Crippen LogP contribution in [0.15, 0.2) is 0 Å². The van der Waals surface area contributed by atoms with E-state index in [0.29, 0.717) is 5.92 Å². The molecule has 1 aliphatic heterocycles. The fraction of sp³-hybridized carbons (Fsp3) is 0.909. The monoisotopic (exact) mass is 198 g/mol. The van der Waals surface area contributed by atoms with Gasteiger partial charge in [0.05, 0.1) is 12.2 Å². The number of carbonyl (C=O) groups is 1. The molecule has 14 heavy (non-hydrogen) atoms. The SMILES string of the molecule is CC(=O)[C@H]1C[C@@H](C)[C@@H]2OC(C)(C)O[C@@H]21. The Balaban J connectivity index is 2.19. The van der Waals surface area contributed by atoms with Crippen LogP contribution in [0.2, 0.25) is 0 Å². The van der Waals surface area contributed by atoms with Gasteiger partial charge in [-0.3, -0.25) is 4.79 Å². The largest absolute Gasteiger partial charge is 0.344 e. The average molecular weight is 198 g/mol. The first-order valence-corrected chi connectivity index (χ1v) is 5.27. The molecule has 2 aliphatic rings. The Morgan fingerprint density at radius 2 is 1.86 bits per heavy atom. The maximum Gasteiger partial charge on any atom is 0.163 e. The van der Waals surface area contributed by atoms with Crippen molar-refractivity contribution in [2.24, 2.45) is 11.8 Å². The number of fused-ring (bicyclic) bond motifs is 1. The molecule has 2 rings (SSSR count). The van der Waals surface area contributed by atoms with Crippen molar-refractivity contribution in [1.29, 1.82) is 0 Å². The fourth-order valence-electron chi connectivity index (χ4n) is 2.63. The molecule has 1 heterocycles. The van der Waals surface area contributed by atoms with Crippen LogP contribution in [0.4, 0.5) is 0 Å². The lowest BCUT2D eigenvalue weighted by molar-refractivity contribution is -0.162. The molecule has 0 unspecified atom stereocenters. The molecule has 0 aromatic carbocycles. The maximum atomic E-state index is 11.4. The predicted molar refractivity (Wildman–Crippen MR) is 51.8 cm³/mol. The van der Waals surface area contributed by atoms with Crippen LogP contribution in [0.3, 0.4) is 0 Å². The fourth-order valence-corrected chi connectivity index (χ4v) is 2.63. The first-order chi connectivity index (χ1) is 6.41. The molecule has 3 heteroatoms. The second kappa shape index (κ2) is 3.04. The van der Waals surface area contributed by atoms with Gasteiger partial charge in [-0.1, -0.05) is 6.92 Å². The zero-order valence-electron chi connectivity index (χ0n) is 9.24. The van der Waals surface area contributed by atoms with Crippen LogP contribution in [0.25, 0.3) is 0 Å². The standard InChI is InChI=1S/C11H18O3/c1-6-5-8(7(2)12)10-9(6)13-11(3,4)14-10/h6,8-10H,5H2,1-4H3/t6-,8-,9+,10-/m1/s1. The topological polar surface area (TPSA) is 35.5 Å². The van der Waals surface area contributed by atoms with Gasteiger partial charge in [-0.25, -0.2) is 0 Å². The van der Waals surface area contributed by atoms with E-state index in [1.165, 1.54) is 0 Å². The Morgan fingerprint density at radius 3 is 2.43 bits per heavy atom. The molecule has 0 N–H and O–H groups in total. The smallest absolute Gasteiger partial charge is 0.163 e. The second-order valence-corrected chi connectivity index (χ2v) is 4.99. The van der Waals surface area contributed by atoms with Crippen LogP contribution >= 0.6 is 0 Å². The molecule has 0 aromatic heterocycles. The molecule has 1 aliphatic carbocycles. The normalized spacial score (nSPS) is 45.1. The second-order valence-electron chi connectivity index (χ2n) is 4.99. The first kappa shape index (κ1) is 10.1. The summed E-state index contributed by atoms with van der Waals surface area (Å²) in [6, 6.07) is 0. The highest BCUT2D eigenvalue weighted by molar-refractivity contribution is 5.79. The lowest BCUT2D eigenvalue weighted by Gasteiger charge is -2.21. The van der Waals surface area contributed by atoms with Crippen LogP contribution in [0, 0.1) is 11.8 Å². The molecule has 0 spiro atoms. The summed E-state index contributed by atoms with van der Waals surface area (Å²) in [6.45, 7) is 7.60. The van der Waals surface area contributed by atoms with Crippen LogP contribution in [0.5, 0.6) is 0 Å². The minimum absolute atomic E-state index is 0.0162.